The van der Waals surface area contributed by atoms with Gasteiger partial charge in [-0.2, -0.15) is 0 Å². The van der Waals surface area contributed by atoms with Gasteiger partial charge in [0, 0.05) is 31.2 Å². The highest BCUT2D eigenvalue weighted by atomic mass is 15.2. The summed E-state index contributed by atoms with van der Waals surface area (Å²) < 4.78 is 0. The summed E-state index contributed by atoms with van der Waals surface area (Å²) in [5.41, 5.74) is 0.351. The maximum Gasteiger partial charge on any atom is 0.0278 e. The van der Waals surface area contributed by atoms with Gasteiger partial charge in [-0.25, -0.2) is 0 Å². The Kier molecular flexibility index (Phi) is 3.60. The van der Waals surface area contributed by atoms with E-state index in [2.05, 4.69) is 37.9 Å². The van der Waals surface area contributed by atoms with Crippen molar-refractivity contribution < 1.29 is 0 Å². The lowest BCUT2D eigenvalue weighted by atomic mass is 9.91. The van der Waals surface area contributed by atoms with Gasteiger partial charge < -0.3 is 5.32 Å². The van der Waals surface area contributed by atoms with E-state index in [0.717, 1.165) is 17.9 Å². The lowest BCUT2D eigenvalue weighted by molar-refractivity contribution is 0.0784. The molecule has 1 aliphatic carbocycles. The Morgan fingerprint density at radius 3 is 2.62 bits per heavy atom. The molecule has 1 aliphatic heterocycles. The van der Waals surface area contributed by atoms with Crippen LogP contribution in [0, 0.1) is 11.8 Å². The van der Waals surface area contributed by atoms with Crippen LogP contribution in [0.25, 0.3) is 0 Å². The van der Waals surface area contributed by atoms with Gasteiger partial charge in [0.25, 0.3) is 0 Å². The number of rotatable bonds is 2. The van der Waals surface area contributed by atoms with Gasteiger partial charge >= 0.3 is 0 Å². The zero-order valence-electron chi connectivity index (χ0n) is 11.4. The minimum Gasteiger partial charge on any atom is -0.309 e. The molecule has 1 saturated heterocycles. The maximum absolute atomic E-state index is 3.68. The summed E-state index contributed by atoms with van der Waals surface area (Å²) in [5.74, 6) is 1.81. The average Bonchev–Trinajstić information content (AvgIpc) is 2.60. The van der Waals surface area contributed by atoms with Gasteiger partial charge in [0.1, 0.15) is 0 Å². The number of hydrogen-bond donors (Lipinski definition) is 1. The van der Waals surface area contributed by atoms with Gasteiger partial charge in [-0.05, 0) is 38.0 Å². The second-order valence-corrected chi connectivity index (χ2v) is 6.29. The summed E-state index contributed by atoms with van der Waals surface area (Å²) in [6.07, 6.45) is 4.08. The monoisotopic (exact) mass is 224 g/mol. The molecule has 1 N–H and O–H groups in total. The lowest BCUT2D eigenvalue weighted by Crippen LogP contribution is -2.61. The van der Waals surface area contributed by atoms with Crippen LogP contribution < -0.4 is 5.32 Å². The van der Waals surface area contributed by atoms with Crippen molar-refractivity contribution in [1.82, 2.24) is 10.2 Å². The van der Waals surface area contributed by atoms with Gasteiger partial charge in [0.15, 0.2) is 0 Å². The van der Waals surface area contributed by atoms with Crippen LogP contribution in [0.2, 0.25) is 0 Å². The molecule has 0 bridgehead atoms. The van der Waals surface area contributed by atoms with E-state index in [4.69, 9.17) is 0 Å². The van der Waals surface area contributed by atoms with E-state index in [1.165, 1.54) is 38.9 Å². The van der Waals surface area contributed by atoms with E-state index >= 15 is 0 Å². The molecule has 4 atom stereocenters. The lowest BCUT2D eigenvalue weighted by Gasteiger charge is -2.45. The fraction of sp³-hybridized carbons (Fsp3) is 1.00. The molecule has 0 aromatic carbocycles. The minimum absolute atomic E-state index is 0.351. The number of piperazine rings is 1. The van der Waals surface area contributed by atoms with Crippen LogP contribution in [0.4, 0.5) is 0 Å². The maximum atomic E-state index is 3.68. The third-order valence-corrected chi connectivity index (χ3v) is 5.17. The van der Waals surface area contributed by atoms with Crippen LogP contribution in [0.15, 0.2) is 0 Å². The zero-order valence-corrected chi connectivity index (χ0v) is 11.4. The molecule has 2 rings (SSSR count). The van der Waals surface area contributed by atoms with E-state index in [0.29, 0.717) is 5.54 Å². The van der Waals surface area contributed by atoms with Crippen molar-refractivity contribution in [2.75, 3.05) is 19.6 Å². The van der Waals surface area contributed by atoms with E-state index < -0.39 is 0 Å². The van der Waals surface area contributed by atoms with Crippen LogP contribution in [0.5, 0.6) is 0 Å². The normalized spacial score (nSPS) is 46.1. The third kappa shape index (κ3) is 2.28. The molecule has 2 nitrogen and oxygen atoms in total. The molecule has 16 heavy (non-hydrogen) atoms. The Hall–Kier alpha value is -0.0800. The summed E-state index contributed by atoms with van der Waals surface area (Å²) in [7, 11) is 0. The van der Waals surface area contributed by atoms with Gasteiger partial charge in [0.05, 0.1) is 0 Å². The zero-order chi connectivity index (χ0) is 11.8. The summed E-state index contributed by atoms with van der Waals surface area (Å²) in [6, 6.07) is 0.850. The summed E-state index contributed by atoms with van der Waals surface area (Å²) >= 11 is 0. The van der Waals surface area contributed by atoms with E-state index in [1.807, 2.05) is 0 Å². The number of nitrogens with one attached hydrogen (secondary N) is 1. The van der Waals surface area contributed by atoms with Crippen molar-refractivity contribution in [2.24, 2.45) is 11.8 Å². The average molecular weight is 224 g/mol. The molecular weight excluding hydrogens is 196 g/mol. The fourth-order valence-electron chi connectivity index (χ4n) is 3.46. The summed E-state index contributed by atoms with van der Waals surface area (Å²) in [5, 5.41) is 3.68. The van der Waals surface area contributed by atoms with Crippen molar-refractivity contribution in [2.45, 2.75) is 58.5 Å². The first kappa shape index (κ1) is 12.4. The van der Waals surface area contributed by atoms with Gasteiger partial charge in [-0.3, -0.25) is 4.90 Å². The van der Waals surface area contributed by atoms with Crippen LogP contribution in [0.1, 0.15) is 47.0 Å². The number of hydrogen-bond acceptors (Lipinski definition) is 2. The largest absolute Gasteiger partial charge is 0.309 e. The topological polar surface area (TPSA) is 15.3 Å². The van der Waals surface area contributed by atoms with Crippen LogP contribution >= 0.6 is 0 Å². The van der Waals surface area contributed by atoms with Crippen molar-refractivity contribution in [3.05, 3.63) is 0 Å². The molecule has 2 aliphatic rings. The Morgan fingerprint density at radius 1 is 1.31 bits per heavy atom. The summed E-state index contributed by atoms with van der Waals surface area (Å²) in [4.78, 5) is 2.76. The van der Waals surface area contributed by atoms with Gasteiger partial charge in [0.2, 0.25) is 0 Å². The molecule has 0 amide bonds. The standard InChI is InChI=1S/C14H28N2/c1-5-14(4)10-16(9-8-15-14)13-7-6-11(2)12(13)3/h11-13,15H,5-10H2,1-4H3. The fourth-order valence-corrected chi connectivity index (χ4v) is 3.46. The molecule has 0 spiro atoms. The molecule has 94 valence electrons. The molecule has 0 aromatic heterocycles. The molecule has 0 aromatic rings. The Balaban J connectivity index is 1.99. The Morgan fingerprint density at radius 2 is 2.06 bits per heavy atom. The highest BCUT2D eigenvalue weighted by molar-refractivity contribution is 4.95. The molecule has 0 radical (unpaired) electrons. The Bertz CT molecular complexity index is 241. The van der Waals surface area contributed by atoms with E-state index in [1.54, 1.807) is 0 Å². The molecule has 4 unspecified atom stereocenters. The molecular formula is C14H28N2. The van der Waals surface area contributed by atoms with E-state index in [9.17, 15) is 0 Å². The highest BCUT2D eigenvalue weighted by Gasteiger charge is 2.38. The molecule has 2 fully saturated rings. The summed E-state index contributed by atoms with van der Waals surface area (Å²) in [6.45, 7) is 13.2. The smallest absolute Gasteiger partial charge is 0.0278 e. The number of nitrogens with zero attached hydrogens (tertiary/aromatic N) is 1. The first-order valence-electron chi connectivity index (χ1n) is 7.05. The predicted octanol–water partition coefficient (Wildman–Crippen LogP) is 2.49. The third-order valence-electron chi connectivity index (χ3n) is 5.17. The van der Waals surface area contributed by atoms with Crippen molar-refractivity contribution >= 4 is 0 Å². The van der Waals surface area contributed by atoms with Crippen LogP contribution in [-0.2, 0) is 0 Å². The quantitative estimate of drug-likeness (QED) is 0.775. The van der Waals surface area contributed by atoms with Gasteiger partial charge in [-0.1, -0.05) is 20.8 Å². The highest BCUT2D eigenvalue weighted by Crippen LogP contribution is 2.35. The van der Waals surface area contributed by atoms with Crippen molar-refractivity contribution in [3.63, 3.8) is 0 Å². The second-order valence-electron chi connectivity index (χ2n) is 6.29. The first-order valence-corrected chi connectivity index (χ1v) is 7.05. The van der Waals surface area contributed by atoms with Crippen molar-refractivity contribution in [3.8, 4) is 0 Å². The van der Waals surface area contributed by atoms with Crippen molar-refractivity contribution in [1.29, 1.82) is 0 Å². The SMILES string of the molecule is CCC1(C)CN(C2CCC(C)C2C)CCN1. The Labute approximate surface area is 101 Å². The molecule has 2 heteroatoms. The second kappa shape index (κ2) is 4.66. The van der Waals surface area contributed by atoms with E-state index in [-0.39, 0.29) is 0 Å². The molecule has 1 heterocycles. The van der Waals surface area contributed by atoms with Crippen LogP contribution in [-0.4, -0.2) is 36.1 Å². The molecule has 1 saturated carbocycles. The first-order chi connectivity index (χ1) is 7.56. The van der Waals surface area contributed by atoms with Gasteiger partial charge in [-0.15, -0.1) is 0 Å². The minimum atomic E-state index is 0.351. The van der Waals surface area contributed by atoms with Crippen LogP contribution in [0.3, 0.4) is 0 Å². The predicted molar refractivity (Wildman–Crippen MR) is 69.6 cm³/mol.